The molecule has 3 atom stereocenters. The van der Waals surface area contributed by atoms with Crippen molar-refractivity contribution in [2.24, 2.45) is 0 Å². The number of fused-ring (bicyclic) bond motifs is 1. The van der Waals surface area contributed by atoms with Gasteiger partial charge >= 0.3 is 6.01 Å². The SMILES string of the molecule is S.S.[C-]#[N+]C[C@H]1CN(c2nc(OC[C@@H]3CCCN3C)nc3c2CCN(c2cccc(C)c2C)C3)CCN1C(=O)/C=C/CN1CCC(F)C1. The Morgan fingerprint density at radius 1 is 1.06 bits per heavy atom. The molecule has 3 saturated heterocycles. The largest absolute Gasteiger partial charge is 0.462 e. The minimum Gasteiger partial charge on any atom is -0.462 e. The number of carbonyl (C=O) groups is 1. The average molecular weight is 699 g/mol. The van der Waals surface area contributed by atoms with Crippen LogP contribution in [0.2, 0.25) is 0 Å². The second-order valence-corrected chi connectivity index (χ2v) is 13.3. The smallest absolute Gasteiger partial charge is 0.318 e. The number of piperazine rings is 1. The Hall–Kier alpha value is -3.05. The Morgan fingerprint density at radius 3 is 2.62 bits per heavy atom. The molecule has 5 heterocycles. The number of nitrogens with zero attached hydrogens (tertiary/aromatic N) is 8. The van der Waals surface area contributed by atoms with E-state index in [2.05, 4.69) is 58.6 Å². The van der Waals surface area contributed by atoms with Gasteiger partial charge in [0, 0.05) is 69.2 Å². The van der Waals surface area contributed by atoms with Crippen LogP contribution in [0.5, 0.6) is 6.01 Å². The third-order valence-corrected chi connectivity index (χ3v) is 10.2. The van der Waals surface area contributed by atoms with Gasteiger partial charge in [0.1, 0.15) is 24.6 Å². The summed E-state index contributed by atoms with van der Waals surface area (Å²) >= 11 is 0. The van der Waals surface area contributed by atoms with Crippen LogP contribution in [0.1, 0.15) is 41.6 Å². The zero-order chi connectivity index (χ0) is 32.2. The molecule has 6 rings (SSSR count). The number of likely N-dealkylation sites (N-methyl/N-ethyl adjacent to an activating group) is 1. The lowest BCUT2D eigenvalue weighted by Crippen LogP contribution is -2.56. The molecule has 13 heteroatoms. The summed E-state index contributed by atoms with van der Waals surface area (Å²) < 4.78 is 19.9. The van der Waals surface area contributed by atoms with Crippen molar-refractivity contribution in [1.29, 1.82) is 0 Å². The average Bonchev–Trinajstić information content (AvgIpc) is 3.67. The topological polar surface area (TPSA) is 72.6 Å². The summed E-state index contributed by atoms with van der Waals surface area (Å²) in [5.74, 6) is 0.774. The molecule has 1 aromatic carbocycles. The van der Waals surface area contributed by atoms with Crippen molar-refractivity contribution in [3.8, 4) is 6.01 Å². The molecule has 0 bridgehead atoms. The van der Waals surface area contributed by atoms with Gasteiger partial charge in [0.15, 0.2) is 0 Å². The van der Waals surface area contributed by atoms with Gasteiger partial charge in [-0.15, -0.1) is 0 Å². The van der Waals surface area contributed by atoms with E-state index in [-0.39, 0.29) is 45.5 Å². The Balaban J connectivity index is 0.00000260. The number of anilines is 2. The minimum atomic E-state index is -0.780. The van der Waals surface area contributed by atoms with E-state index in [0.717, 1.165) is 43.0 Å². The Labute approximate surface area is 299 Å². The zero-order valence-electron chi connectivity index (χ0n) is 28.5. The summed E-state index contributed by atoms with van der Waals surface area (Å²) in [4.78, 5) is 37.8. The number of halogens is 1. The maximum atomic E-state index is 13.6. The van der Waals surface area contributed by atoms with Gasteiger partial charge in [-0.1, -0.05) is 18.2 Å². The van der Waals surface area contributed by atoms with Gasteiger partial charge in [0.2, 0.25) is 12.5 Å². The summed E-state index contributed by atoms with van der Waals surface area (Å²) in [6.07, 6.45) is 6.27. The molecule has 0 N–H and O–H groups in total. The van der Waals surface area contributed by atoms with E-state index >= 15 is 0 Å². The van der Waals surface area contributed by atoms with Gasteiger partial charge in [0.05, 0.1) is 12.2 Å². The predicted octanol–water partition coefficient (Wildman–Crippen LogP) is 3.89. The number of hydrogen-bond acceptors (Lipinski definition) is 8. The molecular weight excluding hydrogens is 648 g/mol. The lowest BCUT2D eigenvalue weighted by atomic mass is 10.0. The maximum absolute atomic E-state index is 13.6. The van der Waals surface area contributed by atoms with Crippen LogP contribution in [0.4, 0.5) is 15.9 Å². The summed E-state index contributed by atoms with van der Waals surface area (Å²) in [6, 6.07) is 6.94. The monoisotopic (exact) mass is 698 g/mol. The lowest BCUT2D eigenvalue weighted by Gasteiger charge is -2.41. The highest BCUT2D eigenvalue weighted by molar-refractivity contribution is 7.59. The Kier molecular flexibility index (Phi) is 13.4. The Bertz CT molecular complexity index is 1490. The summed E-state index contributed by atoms with van der Waals surface area (Å²) in [5, 5.41) is 0. The van der Waals surface area contributed by atoms with Crippen molar-refractivity contribution < 1.29 is 13.9 Å². The maximum Gasteiger partial charge on any atom is 0.318 e. The number of aryl methyl sites for hydroxylation is 1. The molecule has 3 fully saturated rings. The van der Waals surface area contributed by atoms with Gasteiger partial charge < -0.3 is 29.2 Å². The normalized spacial score (nSPS) is 23.1. The van der Waals surface area contributed by atoms with Crippen molar-refractivity contribution in [2.45, 2.75) is 64.3 Å². The first-order valence-electron chi connectivity index (χ1n) is 16.8. The zero-order valence-corrected chi connectivity index (χ0v) is 30.5. The molecular formula is C35H51FN8O2S2. The van der Waals surface area contributed by atoms with E-state index in [9.17, 15) is 9.18 Å². The number of carbonyl (C=O) groups excluding carboxylic acids is 1. The van der Waals surface area contributed by atoms with Crippen molar-refractivity contribution in [2.75, 3.05) is 82.4 Å². The highest BCUT2D eigenvalue weighted by Gasteiger charge is 2.35. The Morgan fingerprint density at radius 2 is 1.90 bits per heavy atom. The minimum absolute atomic E-state index is 0. The fraction of sp³-hybridized carbons (Fsp3) is 0.600. The summed E-state index contributed by atoms with van der Waals surface area (Å²) in [6.45, 7) is 18.7. The second kappa shape index (κ2) is 17.1. The van der Waals surface area contributed by atoms with E-state index in [4.69, 9.17) is 21.3 Å². The van der Waals surface area contributed by atoms with Crippen LogP contribution in [0, 0.1) is 20.4 Å². The van der Waals surface area contributed by atoms with E-state index in [0.29, 0.717) is 70.9 Å². The second-order valence-electron chi connectivity index (χ2n) is 13.3. The van der Waals surface area contributed by atoms with Gasteiger partial charge in [-0.2, -0.15) is 37.0 Å². The van der Waals surface area contributed by atoms with E-state index in [1.807, 2.05) is 15.9 Å². The third kappa shape index (κ3) is 8.56. The van der Waals surface area contributed by atoms with Crippen LogP contribution in [-0.2, 0) is 17.8 Å². The lowest BCUT2D eigenvalue weighted by molar-refractivity contribution is -0.128. The number of likely N-dealkylation sites (tertiary alicyclic amines) is 2. The number of hydrogen-bond donors (Lipinski definition) is 0. The molecule has 1 amide bonds. The van der Waals surface area contributed by atoms with Crippen LogP contribution in [0.25, 0.3) is 4.85 Å². The fourth-order valence-corrected chi connectivity index (χ4v) is 7.31. The first-order valence-corrected chi connectivity index (χ1v) is 16.8. The molecule has 1 unspecified atom stereocenters. The third-order valence-electron chi connectivity index (χ3n) is 10.2. The highest BCUT2D eigenvalue weighted by Crippen LogP contribution is 2.34. The highest BCUT2D eigenvalue weighted by atomic mass is 32.1. The summed E-state index contributed by atoms with van der Waals surface area (Å²) in [5.41, 5.74) is 5.89. The molecule has 262 valence electrons. The fourth-order valence-electron chi connectivity index (χ4n) is 7.31. The van der Waals surface area contributed by atoms with E-state index in [1.165, 1.54) is 23.2 Å². The van der Waals surface area contributed by atoms with Gasteiger partial charge in [0.25, 0.3) is 0 Å². The number of amides is 1. The molecule has 1 aromatic heterocycles. The quantitative estimate of drug-likeness (QED) is 0.289. The van der Waals surface area contributed by atoms with Crippen LogP contribution in [0.15, 0.2) is 30.4 Å². The molecule has 0 radical (unpaired) electrons. The first-order chi connectivity index (χ1) is 22.3. The summed E-state index contributed by atoms with van der Waals surface area (Å²) in [7, 11) is 2.14. The van der Waals surface area contributed by atoms with Gasteiger partial charge in [-0.05, 0) is 70.3 Å². The van der Waals surface area contributed by atoms with Crippen LogP contribution < -0.4 is 14.5 Å². The van der Waals surface area contributed by atoms with Crippen molar-refractivity contribution in [1.82, 2.24) is 24.7 Å². The van der Waals surface area contributed by atoms with Gasteiger partial charge in [-0.25, -0.2) is 11.0 Å². The molecule has 2 aromatic rings. The molecule has 0 aliphatic carbocycles. The molecule has 0 saturated carbocycles. The first kappa shape index (κ1) is 37.8. The van der Waals surface area contributed by atoms with E-state index in [1.54, 1.807) is 6.08 Å². The number of aromatic nitrogens is 2. The van der Waals surface area contributed by atoms with Crippen molar-refractivity contribution in [3.63, 3.8) is 0 Å². The molecule has 0 spiro atoms. The van der Waals surface area contributed by atoms with Crippen LogP contribution >= 0.6 is 27.0 Å². The number of benzene rings is 1. The standard InChI is InChI=1S/C35H47FN8O2.2H2S/c1-25-8-5-10-32(26(25)2)42-17-13-30-31(23-42)38-35(46-24-28-9-6-14-40(28)4)39-34(30)43-18-19-44(29(22-43)20-37-3)33(45)11-7-15-41-16-12-27(36)21-41;;/h5,7-8,10-11,27-29H,6,9,12-24H2,1-2,4H3;2*1H2/b11-7+;;/t27?,28-,29-;;/m0../s1. The molecule has 4 aliphatic rings. The predicted molar refractivity (Wildman–Crippen MR) is 199 cm³/mol. The van der Waals surface area contributed by atoms with Crippen molar-refractivity contribution >= 4 is 44.4 Å². The number of rotatable bonds is 9. The molecule has 4 aliphatic heterocycles. The van der Waals surface area contributed by atoms with Crippen molar-refractivity contribution in [3.05, 3.63) is 64.2 Å². The van der Waals surface area contributed by atoms with Crippen LogP contribution in [0.3, 0.4) is 0 Å². The van der Waals surface area contributed by atoms with E-state index < -0.39 is 6.17 Å². The number of ether oxygens (including phenoxy) is 1. The number of alkyl halides is 1. The van der Waals surface area contributed by atoms with Crippen LogP contribution in [-0.4, -0.2) is 121 Å². The van der Waals surface area contributed by atoms with Gasteiger partial charge in [-0.3, -0.25) is 9.69 Å². The molecule has 48 heavy (non-hydrogen) atoms. The molecule has 10 nitrogen and oxygen atoms in total.